The van der Waals surface area contributed by atoms with Crippen LogP contribution in [0.2, 0.25) is 0 Å². The highest BCUT2D eigenvalue weighted by molar-refractivity contribution is 7.91. The Labute approximate surface area is 162 Å². The maximum absolute atomic E-state index is 13.1. The molecule has 4 rings (SSSR count). The summed E-state index contributed by atoms with van der Waals surface area (Å²) in [5.41, 5.74) is 3.60. The predicted molar refractivity (Wildman–Crippen MR) is 107 cm³/mol. The van der Waals surface area contributed by atoms with Gasteiger partial charge in [-0.25, -0.2) is 8.42 Å². The Kier molecular flexibility index (Phi) is 4.40. The fourth-order valence-corrected chi connectivity index (χ4v) is 6.22. The Hall–Kier alpha value is -2.44. The van der Waals surface area contributed by atoms with E-state index >= 15 is 0 Å². The van der Waals surface area contributed by atoms with Crippen molar-refractivity contribution in [3.8, 4) is 0 Å². The van der Waals surface area contributed by atoms with E-state index in [1.54, 1.807) is 29.6 Å². The van der Waals surface area contributed by atoms with Crippen LogP contribution in [0.25, 0.3) is 0 Å². The number of fused-ring (bicyclic) bond motifs is 1. The smallest absolute Gasteiger partial charge is 0.225 e. The SMILES string of the molecule is Cc1ccc(C2CC(=O)Nc3c(S(=O)(=O)c4ccc(C)cc4)csc32)cc1. The van der Waals surface area contributed by atoms with Gasteiger partial charge in [0.05, 0.1) is 10.6 Å². The molecule has 0 fully saturated rings. The number of carbonyl (C=O) groups excluding carboxylic acids is 1. The lowest BCUT2D eigenvalue weighted by atomic mass is 9.90. The van der Waals surface area contributed by atoms with Gasteiger partial charge in [-0.05, 0) is 31.5 Å². The van der Waals surface area contributed by atoms with Gasteiger partial charge in [0.2, 0.25) is 15.7 Å². The third-order valence-electron chi connectivity index (χ3n) is 4.86. The normalized spacial score (nSPS) is 16.7. The van der Waals surface area contributed by atoms with E-state index in [0.717, 1.165) is 21.6 Å². The summed E-state index contributed by atoms with van der Waals surface area (Å²) in [5.74, 6) is -0.284. The fraction of sp³-hybridized carbons (Fsp3) is 0.190. The molecule has 6 heteroatoms. The maximum Gasteiger partial charge on any atom is 0.225 e. The van der Waals surface area contributed by atoms with E-state index < -0.39 is 9.84 Å². The lowest BCUT2D eigenvalue weighted by Crippen LogP contribution is -2.23. The minimum Gasteiger partial charge on any atom is -0.324 e. The Morgan fingerprint density at radius 1 is 0.963 bits per heavy atom. The van der Waals surface area contributed by atoms with Crippen LogP contribution in [0.15, 0.2) is 63.7 Å². The molecule has 2 aromatic carbocycles. The Bertz CT molecular complexity index is 1110. The molecule has 0 spiro atoms. The Morgan fingerprint density at radius 3 is 2.19 bits per heavy atom. The standard InChI is InChI=1S/C21H19NO3S2/c1-13-3-7-15(8-4-13)17-11-19(23)22-20-18(12-26-21(17)20)27(24,25)16-9-5-14(2)6-10-16/h3-10,12,17H,11H2,1-2H3,(H,22,23). The van der Waals surface area contributed by atoms with Crippen molar-refractivity contribution in [2.75, 3.05) is 5.32 Å². The van der Waals surface area contributed by atoms with E-state index in [0.29, 0.717) is 12.1 Å². The fourth-order valence-electron chi connectivity index (χ4n) is 3.31. The molecule has 2 heterocycles. The van der Waals surface area contributed by atoms with Crippen LogP contribution in [0.4, 0.5) is 5.69 Å². The molecular formula is C21H19NO3S2. The van der Waals surface area contributed by atoms with Crippen molar-refractivity contribution in [2.24, 2.45) is 0 Å². The first-order valence-electron chi connectivity index (χ1n) is 8.66. The van der Waals surface area contributed by atoms with Gasteiger partial charge in [0.1, 0.15) is 4.90 Å². The highest BCUT2D eigenvalue weighted by Gasteiger charge is 2.34. The molecule has 4 nitrogen and oxygen atoms in total. The Morgan fingerprint density at radius 2 is 1.56 bits per heavy atom. The molecule has 1 aliphatic rings. The lowest BCUT2D eigenvalue weighted by Gasteiger charge is -2.24. The van der Waals surface area contributed by atoms with E-state index in [1.807, 2.05) is 38.1 Å². The Balaban J connectivity index is 1.82. The molecule has 1 aromatic heterocycles. The van der Waals surface area contributed by atoms with Crippen LogP contribution >= 0.6 is 11.3 Å². The number of thiophene rings is 1. The zero-order valence-corrected chi connectivity index (χ0v) is 16.7. The highest BCUT2D eigenvalue weighted by Crippen LogP contribution is 2.45. The van der Waals surface area contributed by atoms with Gasteiger partial charge in [-0.1, -0.05) is 47.5 Å². The van der Waals surface area contributed by atoms with Crippen molar-refractivity contribution in [1.29, 1.82) is 0 Å². The summed E-state index contributed by atoms with van der Waals surface area (Å²) in [7, 11) is -3.69. The summed E-state index contributed by atoms with van der Waals surface area (Å²) in [6.45, 7) is 3.93. The zero-order valence-electron chi connectivity index (χ0n) is 15.0. The van der Waals surface area contributed by atoms with Crippen molar-refractivity contribution in [1.82, 2.24) is 0 Å². The topological polar surface area (TPSA) is 63.2 Å². The number of hydrogen-bond donors (Lipinski definition) is 1. The highest BCUT2D eigenvalue weighted by atomic mass is 32.2. The van der Waals surface area contributed by atoms with Crippen molar-refractivity contribution in [3.63, 3.8) is 0 Å². The summed E-state index contributed by atoms with van der Waals surface area (Å²) in [6, 6.07) is 14.8. The predicted octanol–water partition coefficient (Wildman–Crippen LogP) is 4.67. The van der Waals surface area contributed by atoms with Crippen molar-refractivity contribution < 1.29 is 13.2 Å². The van der Waals surface area contributed by atoms with Gasteiger partial charge in [-0.15, -0.1) is 11.3 Å². The molecule has 27 heavy (non-hydrogen) atoms. The van der Waals surface area contributed by atoms with Crippen LogP contribution in [0.1, 0.15) is 33.9 Å². The number of nitrogens with one attached hydrogen (secondary N) is 1. The van der Waals surface area contributed by atoms with Crippen molar-refractivity contribution in [3.05, 3.63) is 75.5 Å². The molecule has 0 aliphatic carbocycles. The molecule has 0 saturated heterocycles. The quantitative estimate of drug-likeness (QED) is 0.698. The minimum atomic E-state index is -3.69. The van der Waals surface area contributed by atoms with Crippen molar-refractivity contribution >= 4 is 32.8 Å². The molecule has 138 valence electrons. The minimum absolute atomic E-state index is 0.124. The van der Waals surface area contributed by atoms with Gasteiger partial charge in [-0.2, -0.15) is 0 Å². The van der Waals surface area contributed by atoms with Gasteiger partial charge in [-0.3, -0.25) is 4.79 Å². The third kappa shape index (κ3) is 3.19. The first-order valence-corrected chi connectivity index (χ1v) is 11.0. The average Bonchev–Trinajstić information content (AvgIpc) is 3.06. The van der Waals surface area contributed by atoms with E-state index in [4.69, 9.17) is 0 Å². The number of rotatable bonds is 3. The van der Waals surface area contributed by atoms with Gasteiger partial charge >= 0.3 is 0 Å². The number of benzene rings is 2. The summed E-state index contributed by atoms with van der Waals surface area (Å²) in [6.07, 6.45) is 0.320. The van der Waals surface area contributed by atoms with Gasteiger partial charge in [0, 0.05) is 22.6 Å². The van der Waals surface area contributed by atoms with Crippen LogP contribution < -0.4 is 5.32 Å². The number of amides is 1. The summed E-state index contributed by atoms with van der Waals surface area (Å²) in [5, 5.41) is 4.44. The molecule has 1 atom stereocenters. The lowest BCUT2D eigenvalue weighted by molar-refractivity contribution is -0.116. The number of carbonyl (C=O) groups is 1. The molecule has 1 amide bonds. The van der Waals surface area contributed by atoms with Crippen LogP contribution in [-0.4, -0.2) is 14.3 Å². The summed E-state index contributed by atoms with van der Waals surface area (Å²) >= 11 is 1.39. The number of aryl methyl sites for hydroxylation is 2. The maximum atomic E-state index is 13.1. The number of sulfone groups is 1. The second-order valence-corrected chi connectivity index (χ2v) is 9.70. The third-order valence-corrected chi connectivity index (χ3v) is 7.90. The monoisotopic (exact) mass is 397 g/mol. The first kappa shape index (κ1) is 17.9. The zero-order chi connectivity index (χ0) is 19.2. The number of anilines is 1. The molecule has 0 bridgehead atoms. The molecular weight excluding hydrogens is 378 g/mol. The van der Waals surface area contributed by atoms with Crippen molar-refractivity contribution in [2.45, 2.75) is 36.0 Å². The molecule has 0 saturated carbocycles. The second-order valence-electron chi connectivity index (χ2n) is 6.87. The molecule has 1 N–H and O–H groups in total. The van der Waals surface area contributed by atoms with E-state index in [1.165, 1.54) is 11.3 Å². The van der Waals surface area contributed by atoms with E-state index in [9.17, 15) is 13.2 Å². The van der Waals surface area contributed by atoms with Crippen LogP contribution in [0.3, 0.4) is 0 Å². The molecule has 3 aromatic rings. The largest absolute Gasteiger partial charge is 0.324 e. The van der Waals surface area contributed by atoms with Crippen LogP contribution in [-0.2, 0) is 14.6 Å². The van der Waals surface area contributed by atoms with Gasteiger partial charge in [0.25, 0.3) is 0 Å². The summed E-state index contributed by atoms with van der Waals surface area (Å²) < 4.78 is 26.3. The average molecular weight is 398 g/mol. The van der Waals surface area contributed by atoms with Crippen LogP contribution in [0.5, 0.6) is 0 Å². The van der Waals surface area contributed by atoms with Gasteiger partial charge < -0.3 is 5.32 Å². The molecule has 1 unspecified atom stereocenters. The molecule has 1 aliphatic heterocycles. The molecule has 0 radical (unpaired) electrons. The summed E-state index contributed by atoms with van der Waals surface area (Å²) in [4.78, 5) is 13.6. The van der Waals surface area contributed by atoms with E-state index in [-0.39, 0.29) is 21.6 Å². The van der Waals surface area contributed by atoms with Crippen LogP contribution in [0, 0.1) is 13.8 Å². The second kappa shape index (κ2) is 6.62. The number of hydrogen-bond acceptors (Lipinski definition) is 4. The first-order chi connectivity index (χ1) is 12.9. The van der Waals surface area contributed by atoms with E-state index in [2.05, 4.69) is 5.32 Å². The van der Waals surface area contributed by atoms with Gasteiger partial charge in [0.15, 0.2) is 0 Å².